The van der Waals surface area contributed by atoms with Crippen LogP contribution in [0.4, 0.5) is 5.95 Å². The molecule has 0 atom stereocenters. The molecule has 0 radical (unpaired) electrons. The van der Waals surface area contributed by atoms with E-state index in [2.05, 4.69) is 30.5 Å². The molecular formula is C16H14N8O. The summed E-state index contributed by atoms with van der Waals surface area (Å²) in [5, 5.41) is 11.9. The number of nitrogens with zero attached hydrogens (tertiary/aromatic N) is 7. The van der Waals surface area contributed by atoms with E-state index in [9.17, 15) is 4.79 Å². The van der Waals surface area contributed by atoms with Crippen LogP contribution in [0.15, 0.2) is 49.2 Å². The molecule has 1 amide bonds. The third-order valence-corrected chi connectivity index (χ3v) is 3.68. The summed E-state index contributed by atoms with van der Waals surface area (Å²) in [5.74, 6) is 0.518. The van der Waals surface area contributed by atoms with Crippen LogP contribution in [0.3, 0.4) is 0 Å². The third-order valence-electron chi connectivity index (χ3n) is 3.68. The van der Waals surface area contributed by atoms with Crippen LogP contribution < -0.4 is 5.32 Å². The summed E-state index contributed by atoms with van der Waals surface area (Å²) < 4.78 is 3.23. The second kappa shape index (κ2) is 6.11. The van der Waals surface area contributed by atoms with Crippen molar-refractivity contribution in [2.75, 3.05) is 5.32 Å². The van der Waals surface area contributed by atoms with E-state index < -0.39 is 0 Å². The molecule has 0 aromatic carbocycles. The summed E-state index contributed by atoms with van der Waals surface area (Å²) in [6, 6.07) is 7.16. The van der Waals surface area contributed by atoms with Crippen molar-refractivity contribution in [2.24, 2.45) is 0 Å². The molecule has 9 nitrogen and oxygen atoms in total. The highest BCUT2D eigenvalue weighted by Crippen LogP contribution is 2.15. The van der Waals surface area contributed by atoms with Crippen LogP contribution in [0, 0.1) is 0 Å². The fourth-order valence-corrected chi connectivity index (χ4v) is 2.47. The number of pyridine rings is 2. The van der Waals surface area contributed by atoms with Crippen molar-refractivity contribution in [3.8, 4) is 5.82 Å². The first-order chi connectivity index (χ1) is 12.3. The van der Waals surface area contributed by atoms with Crippen molar-refractivity contribution in [1.29, 1.82) is 0 Å². The van der Waals surface area contributed by atoms with E-state index in [1.54, 1.807) is 35.3 Å². The molecular weight excluding hydrogens is 320 g/mol. The maximum Gasteiger partial charge on any atom is 0.259 e. The average Bonchev–Trinajstić information content (AvgIpc) is 3.28. The topological polar surface area (TPSA) is 103 Å². The van der Waals surface area contributed by atoms with E-state index in [1.165, 1.54) is 17.2 Å². The van der Waals surface area contributed by atoms with Crippen molar-refractivity contribution < 1.29 is 4.79 Å². The van der Waals surface area contributed by atoms with E-state index in [0.717, 1.165) is 17.6 Å². The lowest BCUT2D eigenvalue weighted by Crippen LogP contribution is -2.16. The van der Waals surface area contributed by atoms with Gasteiger partial charge in [0.05, 0.1) is 11.8 Å². The number of hydrogen-bond acceptors (Lipinski definition) is 6. The molecule has 0 aliphatic rings. The summed E-state index contributed by atoms with van der Waals surface area (Å²) in [4.78, 5) is 25.1. The number of rotatable bonds is 4. The Labute approximate surface area is 142 Å². The molecule has 0 saturated heterocycles. The zero-order chi connectivity index (χ0) is 17.2. The number of aryl methyl sites for hydroxylation is 1. The van der Waals surface area contributed by atoms with Gasteiger partial charge in [-0.05, 0) is 25.1 Å². The number of anilines is 1. The van der Waals surface area contributed by atoms with Gasteiger partial charge < -0.3 is 0 Å². The number of carbonyl (C=O) groups is 1. The number of fused-ring (bicyclic) bond motifs is 1. The van der Waals surface area contributed by atoms with Crippen LogP contribution >= 0.6 is 0 Å². The molecule has 4 aromatic heterocycles. The Kier molecular flexibility index (Phi) is 3.65. The molecule has 0 spiro atoms. The van der Waals surface area contributed by atoms with Gasteiger partial charge in [0, 0.05) is 24.3 Å². The van der Waals surface area contributed by atoms with Crippen LogP contribution in [-0.4, -0.2) is 40.4 Å². The minimum Gasteiger partial charge on any atom is -0.290 e. The Morgan fingerprint density at radius 1 is 1.16 bits per heavy atom. The maximum absolute atomic E-state index is 12.5. The van der Waals surface area contributed by atoms with Gasteiger partial charge in [-0.25, -0.2) is 14.6 Å². The van der Waals surface area contributed by atoms with Gasteiger partial charge in [-0.2, -0.15) is 19.9 Å². The number of aromatic nitrogens is 7. The summed E-state index contributed by atoms with van der Waals surface area (Å²) in [6.07, 6.45) is 6.22. The van der Waals surface area contributed by atoms with E-state index in [4.69, 9.17) is 0 Å². The fraction of sp³-hybridized carbons (Fsp3) is 0.125. The smallest absolute Gasteiger partial charge is 0.259 e. The first kappa shape index (κ1) is 14.9. The summed E-state index contributed by atoms with van der Waals surface area (Å²) >= 11 is 0. The minimum absolute atomic E-state index is 0.285. The Bertz CT molecular complexity index is 1040. The molecule has 4 rings (SSSR count). The minimum atomic E-state index is -0.330. The average molecular weight is 334 g/mol. The molecule has 0 aliphatic carbocycles. The molecule has 0 bridgehead atoms. The number of amides is 1. The van der Waals surface area contributed by atoms with Gasteiger partial charge in [-0.1, -0.05) is 6.07 Å². The van der Waals surface area contributed by atoms with Crippen LogP contribution in [-0.2, 0) is 6.54 Å². The molecule has 0 aliphatic heterocycles. The lowest BCUT2D eigenvalue weighted by atomic mass is 10.2. The van der Waals surface area contributed by atoms with Gasteiger partial charge in [-0.15, -0.1) is 0 Å². The molecule has 9 heteroatoms. The first-order valence-electron chi connectivity index (χ1n) is 7.70. The molecule has 124 valence electrons. The van der Waals surface area contributed by atoms with E-state index in [0.29, 0.717) is 11.4 Å². The molecule has 0 fully saturated rings. The molecule has 1 N–H and O–H groups in total. The van der Waals surface area contributed by atoms with Gasteiger partial charge in [0.15, 0.2) is 11.5 Å². The highest BCUT2D eigenvalue weighted by molar-refractivity contribution is 6.04. The summed E-state index contributed by atoms with van der Waals surface area (Å²) in [7, 11) is 0. The largest absolute Gasteiger partial charge is 0.290 e. The fourth-order valence-electron chi connectivity index (χ4n) is 2.47. The van der Waals surface area contributed by atoms with Crippen molar-refractivity contribution in [2.45, 2.75) is 13.5 Å². The lowest BCUT2D eigenvalue weighted by Gasteiger charge is -2.06. The molecule has 0 saturated carbocycles. The molecule has 25 heavy (non-hydrogen) atoms. The quantitative estimate of drug-likeness (QED) is 0.609. The normalized spacial score (nSPS) is 10.9. The molecule has 4 aromatic rings. The number of hydrogen-bond donors (Lipinski definition) is 1. The summed E-state index contributed by atoms with van der Waals surface area (Å²) in [5.41, 5.74) is 1.16. The molecule has 4 heterocycles. The van der Waals surface area contributed by atoms with Crippen molar-refractivity contribution in [1.82, 2.24) is 34.5 Å². The Morgan fingerprint density at radius 2 is 2.08 bits per heavy atom. The van der Waals surface area contributed by atoms with Crippen molar-refractivity contribution >= 4 is 22.9 Å². The van der Waals surface area contributed by atoms with Gasteiger partial charge in [0.1, 0.15) is 6.33 Å². The zero-order valence-corrected chi connectivity index (χ0v) is 13.4. The second-order valence-corrected chi connectivity index (χ2v) is 5.23. The summed E-state index contributed by atoms with van der Waals surface area (Å²) in [6.45, 7) is 2.70. The van der Waals surface area contributed by atoms with Crippen molar-refractivity contribution in [3.63, 3.8) is 0 Å². The maximum atomic E-state index is 12.5. The van der Waals surface area contributed by atoms with Gasteiger partial charge >= 0.3 is 0 Å². The highest BCUT2D eigenvalue weighted by Gasteiger charge is 2.14. The zero-order valence-electron chi connectivity index (χ0n) is 13.4. The van der Waals surface area contributed by atoms with Crippen molar-refractivity contribution in [3.05, 3.63) is 54.7 Å². The Hall–Kier alpha value is -3.62. The van der Waals surface area contributed by atoms with Gasteiger partial charge in [-0.3, -0.25) is 10.1 Å². The lowest BCUT2D eigenvalue weighted by molar-refractivity contribution is 0.102. The molecule has 0 unspecified atom stereocenters. The number of nitrogens with one attached hydrogen (secondary N) is 1. The standard InChI is InChI=1S/C16H14N8O/c1-2-23-14-11(9-20-23)7-12(8-18-14)15(25)22-16-19-10-21-24(16)13-5-3-4-6-17-13/h3-10H,2H2,1H3,(H,19,21,22,25). The van der Waals surface area contributed by atoms with Crippen LogP contribution in [0.5, 0.6) is 0 Å². The third kappa shape index (κ3) is 2.71. The van der Waals surface area contributed by atoms with E-state index >= 15 is 0 Å². The SMILES string of the molecule is CCn1ncc2cc(C(=O)Nc3ncnn3-c3ccccn3)cnc21. The van der Waals surface area contributed by atoms with Crippen LogP contribution in [0.2, 0.25) is 0 Å². The predicted octanol–water partition coefficient (Wildman–Crippen LogP) is 1.68. The van der Waals surface area contributed by atoms with Crippen LogP contribution in [0.1, 0.15) is 17.3 Å². The van der Waals surface area contributed by atoms with E-state index in [-0.39, 0.29) is 11.9 Å². The van der Waals surface area contributed by atoms with Gasteiger partial charge in [0.2, 0.25) is 5.95 Å². The highest BCUT2D eigenvalue weighted by atomic mass is 16.1. The first-order valence-corrected chi connectivity index (χ1v) is 7.70. The number of carbonyl (C=O) groups excluding carboxylic acids is 1. The Morgan fingerprint density at radius 3 is 2.88 bits per heavy atom. The second-order valence-electron chi connectivity index (χ2n) is 5.23. The Balaban J connectivity index is 1.62. The van der Waals surface area contributed by atoms with E-state index in [1.807, 2.05) is 13.0 Å². The predicted molar refractivity (Wildman–Crippen MR) is 90.3 cm³/mol. The van der Waals surface area contributed by atoms with Crippen LogP contribution in [0.25, 0.3) is 16.9 Å². The monoisotopic (exact) mass is 334 g/mol. The van der Waals surface area contributed by atoms with Gasteiger partial charge in [0.25, 0.3) is 5.91 Å².